The van der Waals surface area contributed by atoms with Gasteiger partial charge in [-0.2, -0.15) is 8.78 Å². The highest BCUT2D eigenvalue weighted by Gasteiger charge is 2.10. The Morgan fingerprint density at radius 1 is 1.13 bits per heavy atom. The van der Waals surface area contributed by atoms with Crippen molar-refractivity contribution in [3.8, 4) is 5.75 Å². The van der Waals surface area contributed by atoms with Crippen LogP contribution in [0.4, 0.5) is 8.78 Å². The first-order chi connectivity index (χ1) is 11.0. The highest BCUT2D eigenvalue weighted by Crippen LogP contribution is 2.20. The minimum atomic E-state index is -2.88. The summed E-state index contributed by atoms with van der Waals surface area (Å²) in [5, 5.41) is 2.73. The number of carbonyl (C=O) groups excluding carboxylic acids is 1. The van der Waals surface area contributed by atoms with E-state index in [0.29, 0.717) is 18.4 Å². The van der Waals surface area contributed by atoms with Gasteiger partial charge in [0, 0.05) is 18.5 Å². The first kappa shape index (κ1) is 16.9. The molecule has 3 nitrogen and oxygen atoms in total. The summed E-state index contributed by atoms with van der Waals surface area (Å²) in [7, 11) is 0. The third kappa shape index (κ3) is 5.70. The van der Waals surface area contributed by atoms with Crippen LogP contribution in [0.25, 0.3) is 0 Å². The fourth-order valence-electron chi connectivity index (χ4n) is 2.16. The van der Waals surface area contributed by atoms with Gasteiger partial charge >= 0.3 is 6.61 Å². The second-order valence-corrected chi connectivity index (χ2v) is 5.25. The van der Waals surface area contributed by atoms with Crippen LogP contribution < -0.4 is 10.1 Å². The molecule has 1 amide bonds. The average molecular weight is 319 g/mol. The van der Waals surface area contributed by atoms with Crippen molar-refractivity contribution in [2.24, 2.45) is 0 Å². The molecule has 5 heteroatoms. The summed E-state index contributed by atoms with van der Waals surface area (Å²) in [5.41, 5.74) is 2.79. The minimum absolute atomic E-state index is 0.0846. The number of nitrogens with one attached hydrogen (secondary N) is 1. The summed E-state index contributed by atoms with van der Waals surface area (Å²) in [6.07, 6.45) is 0.988. The van der Waals surface area contributed by atoms with Crippen molar-refractivity contribution in [3.05, 3.63) is 65.2 Å². The molecule has 0 saturated heterocycles. The molecule has 0 aliphatic heterocycles. The lowest BCUT2D eigenvalue weighted by atomic mass is 10.1. The van der Waals surface area contributed by atoms with Gasteiger partial charge < -0.3 is 10.1 Å². The van der Waals surface area contributed by atoms with Crippen molar-refractivity contribution >= 4 is 5.91 Å². The predicted octanol–water partition coefficient (Wildman–Crippen LogP) is 3.85. The van der Waals surface area contributed by atoms with Crippen LogP contribution in [0.1, 0.15) is 23.1 Å². The van der Waals surface area contributed by atoms with Gasteiger partial charge in [0.1, 0.15) is 5.75 Å². The molecule has 0 radical (unpaired) electrons. The van der Waals surface area contributed by atoms with E-state index in [1.807, 2.05) is 31.2 Å². The van der Waals surface area contributed by atoms with E-state index in [1.54, 1.807) is 18.2 Å². The fraction of sp³-hybridized carbons (Fsp3) is 0.278. The molecule has 0 spiro atoms. The van der Waals surface area contributed by atoms with Crippen LogP contribution >= 0.6 is 0 Å². The smallest absolute Gasteiger partial charge is 0.387 e. The number of aryl methyl sites for hydroxylation is 2. The highest BCUT2D eigenvalue weighted by molar-refractivity contribution is 5.76. The number of hydrogen-bond acceptors (Lipinski definition) is 2. The lowest BCUT2D eigenvalue weighted by Gasteiger charge is -2.11. The molecule has 0 aliphatic rings. The van der Waals surface area contributed by atoms with Crippen molar-refractivity contribution < 1.29 is 18.3 Å². The summed E-state index contributed by atoms with van der Waals surface area (Å²) < 4.78 is 29.1. The second-order valence-electron chi connectivity index (χ2n) is 5.25. The highest BCUT2D eigenvalue weighted by atomic mass is 19.3. The maximum atomic E-state index is 12.3. The molecule has 2 rings (SSSR count). The van der Waals surface area contributed by atoms with Crippen LogP contribution in [-0.4, -0.2) is 12.5 Å². The number of alkyl halides is 2. The zero-order valence-electron chi connectivity index (χ0n) is 12.9. The van der Waals surface area contributed by atoms with Gasteiger partial charge in [-0.05, 0) is 25.0 Å². The lowest BCUT2D eigenvalue weighted by molar-refractivity contribution is -0.121. The Hall–Kier alpha value is -2.43. The molecule has 0 unspecified atom stereocenters. The number of halogens is 2. The fourth-order valence-corrected chi connectivity index (χ4v) is 2.16. The molecule has 122 valence electrons. The van der Waals surface area contributed by atoms with Gasteiger partial charge in [-0.15, -0.1) is 0 Å². The molecule has 0 bridgehead atoms. The number of hydrogen-bond donors (Lipinski definition) is 1. The molecular formula is C18H19F2NO2. The Kier molecular flexibility index (Phi) is 6.09. The zero-order valence-corrected chi connectivity index (χ0v) is 12.9. The van der Waals surface area contributed by atoms with E-state index in [9.17, 15) is 13.6 Å². The Morgan fingerprint density at radius 2 is 1.83 bits per heavy atom. The number of ether oxygens (including phenoxy) is 1. The first-order valence-electron chi connectivity index (χ1n) is 7.39. The van der Waals surface area contributed by atoms with Crippen molar-refractivity contribution in [1.82, 2.24) is 5.32 Å². The molecule has 0 aliphatic carbocycles. The topological polar surface area (TPSA) is 38.3 Å². The van der Waals surface area contributed by atoms with Crippen LogP contribution in [0, 0.1) is 6.92 Å². The van der Waals surface area contributed by atoms with Crippen LogP contribution in [0.2, 0.25) is 0 Å². The SMILES string of the molecule is Cc1ccc(CCC(=O)NCc2ccccc2OC(F)F)cc1. The van der Waals surface area contributed by atoms with E-state index < -0.39 is 6.61 Å². The maximum Gasteiger partial charge on any atom is 0.387 e. The summed E-state index contributed by atoms with van der Waals surface area (Å²) >= 11 is 0. The summed E-state index contributed by atoms with van der Waals surface area (Å²) in [5.74, 6) is -0.0428. The molecule has 1 N–H and O–H groups in total. The Labute approximate surface area is 134 Å². The third-order valence-electron chi connectivity index (χ3n) is 3.43. The molecule has 0 fully saturated rings. The Bertz CT molecular complexity index is 642. The summed E-state index contributed by atoms with van der Waals surface area (Å²) in [6.45, 7) is -0.709. The van der Waals surface area contributed by atoms with Gasteiger partial charge in [-0.25, -0.2) is 0 Å². The van der Waals surface area contributed by atoms with Crippen LogP contribution in [-0.2, 0) is 17.8 Å². The van der Waals surface area contributed by atoms with Crippen molar-refractivity contribution in [2.75, 3.05) is 0 Å². The number of benzene rings is 2. The van der Waals surface area contributed by atoms with E-state index in [4.69, 9.17) is 0 Å². The monoisotopic (exact) mass is 319 g/mol. The number of rotatable bonds is 7. The molecule has 2 aromatic rings. The lowest BCUT2D eigenvalue weighted by Crippen LogP contribution is -2.23. The van der Waals surface area contributed by atoms with Crippen LogP contribution in [0.5, 0.6) is 5.75 Å². The van der Waals surface area contributed by atoms with Gasteiger partial charge in [0.2, 0.25) is 5.91 Å². The number of amides is 1. The van der Waals surface area contributed by atoms with E-state index in [1.165, 1.54) is 11.6 Å². The van der Waals surface area contributed by atoms with E-state index in [0.717, 1.165) is 5.56 Å². The van der Waals surface area contributed by atoms with Crippen LogP contribution in [0.15, 0.2) is 48.5 Å². The van der Waals surface area contributed by atoms with Gasteiger partial charge in [-0.1, -0.05) is 48.0 Å². The first-order valence-corrected chi connectivity index (χ1v) is 7.39. The van der Waals surface area contributed by atoms with E-state index in [-0.39, 0.29) is 18.2 Å². The second kappa shape index (κ2) is 8.27. The van der Waals surface area contributed by atoms with E-state index in [2.05, 4.69) is 10.1 Å². The normalized spacial score (nSPS) is 10.6. The van der Waals surface area contributed by atoms with Gasteiger partial charge in [0.25, 0.3) is 0 Å². The largest absolute Gasteiger partial charge is 0.434 e. The molecular weight excluding hydrogens is 300 g/mol. The Morgan fingerprint density at radius 3 is 2.52 bits per heavy atom. The van der Waals surface area contributed by atoms with Crippen molar-refractivity contribution in [2.45, 2.75) is 32.9 Å². The standard InChI is InChI=1S/C18H19F2NO2/c1-13-6-8-14(9-7-13)10-11-17(22)21-12-15-4-2-3-5-16(15)23-18(19)20/h2-9,18H,10-12H2,1H3,(H,21,22). The van der Waals surface area contributed by atoms with Gasteiger partial charge in [0.05, 0.1) is 0 Å². The molecule has 2 aromatic carbocycles. The molecule has 23 heavy (non-hydrogen) atoms. The average Bonchev–Trinajstić information content (AvgIpc) is 2.53. The number of carbonyl (C=O) groups is 1. The molecule has 0 aromatic heterocycles. The molecule has 0 heterocycles. The van der Waals surface area contributed by atoms with Crippen LogP contribution in [0.3, 0.4) is 0 Å². The summed E-state index contributed by atoms with van der Waals surface area (Å²) in [6, 6.07) is 14.4. The predicted molar refractivity (Wildman–Crippen MR) is 84.4 cm³/mol. The number of para-hydroxylation sites is 1. The zero-order chi connectivity index (χ0) is 16.7. The minimum Gasteiger partial charge on any atom is -0.434 e. The quantitative estimate of drug-likeness (QED) is 0.842. The van der Waals surface area contributed by atoms with E-state index >= 15 is 0 Å². The van der Waals surface area contributed by atoms with Gasteiger partial charge in [0.15, 0.2) is 0 Å². The van der Waals surface area contributed by atoms with Gasteiger partial charge in [-0.3, -0.25) is 4.79 Å². The third-order valence-corrected chi connectivity index (χ3v) is 3.43. The Balaban J connectivity index is 1.83. The summed E-state index contributed by atoms with van der Waals surface area (Å²) in [4.78, 5) is 11.9. The van der Waals surface area contributed by atoms with Crippen molar-refractivity contribution in [3.63, 3.8) is 0 Å². The molecule has 0 atom stereocenters. The maximum absolute atomic E-state index is 12.3. The molecule has 0 saturated carbocycles. The van der Waals surface area contributed by atoms with Crippen molar-refractivity contribution in [1.29, 1.82) is 0 Å².